The number of alkyl halides is 3. The van der Waals surface area contributed by atoms with E-state index < -0.39 is 23.5 Å². The first kappa shape index (κ1) is 14.8. The summed E-state index contributed by atoms with van der Waals surface area (Å²) >= 11 is 0. The number of aromatic nitrogens is 3. The van der Waals surface area contributed by atoms with Crippen molar-refractivity contribution < 1.29 is 27.8 Å². The molecule has 112 valence electrons. The van der Waals surface area contributed by atoms with Gasteiger partial charge in [0.15, 0.2) is 5.69 Å². The fourth-order valence-corrected chi connectivity index (χ4v) is 1.84. The molecule has 1 heterocycles. The van der Waals surface area contributed by atoms with E-state index in [1.165, 1.54) is 7.11 Å². The van der Waals surface area contributed by atoms with Crippen LogP contribution in [0.3, 0.4) is 0 Å². The van der Waals surface area contributed by atoms with E-state index >= 15 is 0 Å². The maximum absolute atomic E-state index is 13.0. The Labute approximate surface area is 116 Å². The highest BCUT2D eigenvalue weighted by Crippen LogP contribution is 2.32. The van der Waals surface area contributed by atoms with Crippen LogP contribution in [0.4, 0.5) is 13.2 Å². The van der Waals surface area contributed by atoms with E-state index in [9.17, 15) is 18.0 Å². The van der Waals surface area contributed by atoms with Gasteiger partial charge in [0.2, 0.25) is 5.69 Å². The lowest BCUT2D eigenvalue weighted by Gasteiger charge is -2.12. The first-order valence-electron chi connectivity index (χ1n) is 5.70. The summed E-state index contributed by atoms with van der Waals surface area (Å²) in [5.41, 5.74) is -2.11. The zero-order valence-corrected chi connectivity index (χ0v) is 10.8. The SMILES string of the molecule is COc1ccccc1Cn1nnc(C(=O)O)c1C(F)(F)F. The van der Waals surface area contributed by atoms with E-state index in [1.54, 1.807) is 24.3 Å². The average Bonchev–Trinajstić information content (AvgIpc) is 2.83. The monoisotopic (exact) mass is 301 g/mol. The first-order chi connectivity index (χ1) is 9.84. The predicted octanol–water partition coefficient (Wildman–Crippen LogP) is 2.05. The standard InChI is InChI=1S/C12H10F3N3O3/c1-21-8-5-3-2-4-7(8)6-18-10(12(13,14)15)9(11(19)20)16-17-18/h2-5H,6H2,1H3,(H,19,20). The molecule has 0 unspecified atom stereocenters. The number of benzene rings is 1. The van der Waals surface area contributed by atoms with Crippen molar-refractivity contribution in [2.75, 3.05) is 7.11 Å². The lowest BCUT2D eigenvalue weighted by molar-refractivity contribution is -0.144. The maximum atomic E-state index is 13.0. The lowest BCUT2D eigenvalue weighted by atomic mass is 10.2. The summed E-state index contributed by atoms with van der Waals surface area (Å²) in [6, 6.07) is 6.43. The second-order valence-electron chi connectivity index (χ2n) is 4.06. The van der Waals surface area contributed by atoms with Gasteiger partial charge in [0.25, 0.3) is 0 Å². The van der Waals surface area contributed by atoms with Crippen molar-refractivity contribution in [2.45, 2.75) is 12.7 Å². The number of hydrogen-bond acceptors (Lipinski definition) is 4. The smallest absolute Gasteiger partial charge is 0.435 e. The molecule has 9 heteroatoms. The van der Waals surface area contributed by atoms with Gasteiger partial charge in [-0.2, -0.15) is 13.2 Å². The molecule has 0 aliphatic carbocycles. The topological polar surface area (TPSA) is 77.2 Å². The number of ether oxygens (including phenoxy) is 1. The number of para-hydroxylation sites is 1. The number of carboxylic acids is 1. The minimum atomic E-state index is -4.88. The zero-order valence-electron chi connectivity index (χ0n) is 10.8. The summed E-state index contributed by atoms with van der Waals surface area (Å²) in [4.78, 5) is 10.8. The molecule has 0 saturated heterocycles. The molecule has 1 N–H and O–H groups in total. The third-order valence-electron chi connectivity index (χ3n) is 2.72. The molecule has 1 aromatic heterocycles. The van der Waals surface area contributed by atoms with E-state index in [-0.39, 0.29) is 6.54 Å². The van der Waals surface area contributed by atoms with Gasteiger partial charge in [0.05, 0.1) is 13.7 Å². The molecule has 0 aliphatic rings. The van der Waals surface area contributed by atoms with Crippen LogP contribution >= 0.6 is 0 Å². The second-order valence-corrected chi connectivity index (χ2v) is 4.06. The van der Waals surface area contributed by atoms with Crippen LogP contribution in [0.5, 0.6) is 5.75 Å². The zero-order chi connectivity index (χ0) is 15.6. The van der Waals surface area contributed by atoms with Crippen LogP contribution < -0.4 is 4.74 Å². The van der Waals surface area contributed by atoms with Crippen molar-refractivity contribution in [2.24, 2.45) is 0 Å². The van der Waals surface area contributed by atoms with E-state index in [2.05, 4.69) is 10.3 Å². The number of nitrogens with zero attached hydrogens (tertiary/aromatic N) is 3. The molecule has 6 nitrogen and oxygen atoms in total. The van der Waals surface area contributed by atoms with Gasteiger partial charge in [0, 0.05) is 5.56 Å². The Hall–Kier alpha value is -2.58. The van der Waals surface area contributed by atoms with Crippen molar-refractivity contribution >= 4 is 5.97 Å². The maximum Gasteiger partial charge on any atom is 0.435 e. The van der Waals surface area contributed by atoms with Crippen LogP contribution in [0.25, 0.3) is 0 Å². The molecule has 2 aromatic rings. The minimum Gasteiger partial charge on any atom is -0.496 e. The Balaban J connectivity index is 2.48. The third kappa shape index (κ3) is 2.96. The van der Waals surface area contributed by atoms with Crippen molar-refractivity contribution in [3.05, 3.63) is 41.2 Å². The second kappa shape index (κ2) is 5.43. The number of carbonyl (C=O) groups is 1. The lowest BCUT2D eigenvalue weighted by Crippen LogP contribution is -2.19. The van der Waals surface area contributed by atoms with E-state index in [0.717, 1.165) is 0 Å². The fraction of sp³-hybridized carbons (Fsp3) is 0.250. The molecule has 0 amide bonds. The molecule has 0 fully saturated rings. The van der Waals surface area contributed by atoms with Crippen LogP contribution in [-0.2, 0) is 12.7 Å². The highest BCUT2D eigenvalue weighted by Gasteiger charge is 2.41. The highest BCUT2D eigenvalue weighted by molar-refractivity contribution is 5.86. The van der Waals surface area contributed by atoms with Crippen LogP contribution in [0, 0.1) is 0 Å². The Kier molecular flexibility index (Phi) is 3.83. The fourth-order valence-electron chi connectivity index (χ4n) is 1.84. The molecular formula is C12H10F3N3O3. The van der Waals surface area contributed by atoms with Crippen molar-refractivity contribution in [3.8, 4) is 5.75 Å². The third-order valence-corrected chi connectivity index (χ3v) is 2.72. The van der Waals surface area contributed by atoms with Crippen molar-refractivity contribution in [1.82, 2.24) is 15.0 Å². The normalized spacial score (nSPS) is 11.4. The quantitative estimate of drug-likeness (QED) is 0.935. The number of methoxy groups -OCH3 is 1. The van der Waals surface area contributed by atoms with Gasteiger partial charge in [-0.05, 0) is 6.07 Å². The summed E-state index contributed by atoms with van der Waals surface area (Å²) in [7, 11) is 1.38. The average molecular weight is 301 g/mol. The Morgan fingerprint density at radius 2 is 2.05 bits per heavy atom. The van der Waals surface area contributed by atoms with Crippen LogP contribution in [0.15, 0.2) is 24.3 Å². The molecule has 21 heavy (non-hydrogen) atoms. The van der Waals surface area contributed by atoms with E-state index in [0.29, 0.717) is 16.0 Å². The Morgan fingerprint density at radius 1 is 1.38 bits per heavy atom. The Bertz CT molecular complexity index is 667. The van der Waals surface area contributed by atoms with Crippen LogP contribution in [-0.4, -0.2) is 33.2 Å². The molecule has 0 spiro atoms. The predicted molar refractivity (Wildman–Crippen MR) is 64.1 cm³/mol. The number of rotatable bonds is 4. The number of carboxylic acid groups (broad SMARTS) is 1. The summed E-state index contributed by atoms with van der Waals surface area (Å²) in [6.45, 7) is -0.306. The molecule has 0 bridgehead atoms. The van der Waals surface area contributed by atoms with Crippen LogP contribution in [0.2, 0.25) is 0 Å². The number of aromatic carboxylic acids is 1. The van der Waals surface area contributed by atoms with Gasteiger partial charge in [0.1, 0.15) is 5.75 Å². The highest BCUT2D eigenvalue weighted by atomic mass is 19.4. The molecule has 1 aromatic carbocycles. The van der Waals surface area contributed by atoms with Gasteiger partial charge < -0.3 is 9.84 Å². The van der Waals surface area contributed by atoms with Gasteiger partial charge in [-0.3, -0.25) is 0 Å². The number of halogens is 3. The van der Waals surface area contributed by atoms with E-state index in [1.807, 2.05) is 0 Å². The summed E-state index contributed by atoms with van der Waals surface area (Å²) in [6.07, 6.45) is -4.88. The van der Waals surface area contributed by atoms with Crippen LogP contribution in [0.1, 0.15) is 21.7 Å². The molecule has 0 saturated carbocycles. The van der Waals surface area contributed by atoms with Crippen molar-refractivity contribution in [1.29, 1.82) is 0 Å². The number of hydrogen-bond donors (Lipinski definition) is 1. The van der Waals surface area contributed by atoms with Gasteiger partial charge in [-0.25, -0.2) is 9.48 Å². The Morgan fingerprint density at radius 3 is 2.62 bits per heavy atom. The van der Waals surface area contributed by atoms with Gasteiger partial charge >= 0.3 is 12.1 Å². The minimum absolute atomic E-state index is 0.306. The summed E-state index contributed by atoms with van der Waals surface area (Å²) < 4.78 is 44.5. The molecule has 0 aliphatic heterocycles. The van der Waals surface area contributed by atoms with Crippen molar-refractivity contribution in [3.63, 3.8) is 0 Å². The molecule has 2 rings (SSSR count). The summed E-state index contributed by atoms with van der Waals surface area (Å²) in [5, 5.41) is 15.1. The van der Waals surface area contributed by atoms with Gasteiger partial charge in [-0.15, -0.1) is 5.10 Å². The molecular weight excluding hydrogens is 291 g/mol. The molecule has 0 atom stereocenters. The first-order valence-corrected chi connectivity index (χ1v) is 5.70. The largest absolute Gasteiger partial charge is 0.496 e. The molecule has 0 radical (unpaired) electrons. The van der Waals surface area contributed by atoms with Gasteiger partial charge in [-0.1, -0.05) is 23.4 Å². The van der Waals surface area contributed by atoms with E-state index in [4.69, 9.17) is 9.84 Å². The summed E-state index contributed by atoms with van der Waals surface area (Å²) in [5.74, 6) is -1.41.